The molecule has 0 aliphatic heterocycles. The van der Waals surface area contributed by atoms with Gasteiger partial charge in [0.1, 0.15) is 5.82 Å². The number of halogens is 1. The Bertz CT molecular complexity index is 520. The Labute approximate surface area is 99.5 Å². The molecule has 2 rings (SSSR count). The highest BCUT2D eigenvalue weighted by Crippen LogP contribution is 2.13. The minimum Gasteiger partial charge on any atom is -0.387 e. The first kappa shape index (κ1) is 11.8. The van der Waals surface area contributed by atoms with E-state index < -0.39 is 6.10 Å². The van der Waals surface area contributed by atoms with Gasteiger partial charge in [-0.3, -0.25) is 4.68 Å². The number of benzene rings is 1. The molecule has 1 aromatic carbocycles. The minimum absolute atomic E-state index is 0.242. The molecule has 17 heavy (non-hydrogen) atoms. The molecule has 0 aliphatic rings. The molecular weight excluding hydrogens is 219 g/mol. The summed E-state index contributed by atoms with van der Waals surface area (Å²) in [6, 6.07) is 6.48. The van der Waals surface area contributed by atoms with Gasteiger partial charge in [-0.2, -0.15) is 5.10 Å². The Hall–Kier alpha value is -1.68. The molecule has 3 nitrogen and oxygen atoms in total. The van der Waals surface area contributed by atoms with E-state index in [1.165, 1.54) is 12.1 Å². The van der Waals surface area contributed by atoms with Crippen LogP contribution in [-0.2, 0) is 6.54 Å². The van der Waals surface area contributed by atoms with Crippen molar-refractivity contribution in [2.45, 2.75) is 26.5 Å². The number of hydrogen-bond donors (Lipinski definition) is 1. The Morgan fingerprint density at radius 3 is 2.82 bits per heavy atom. The van der Waals surface area contributed by atoms with E-state index in [1.807, 2.05) is 6.92 Å². The number of aryl methyl sites for hydroxylation is 1. The van der Waals surface area contributed by atoms with Crippen LogP contribution in [0.4, 0.5) is 4.39 Å². The van der Waals surface area contributed by atoms with Crippen LogP contribution >= 0.6 is 0 Å². The largest absolute Gasteiger partial charge is 0.387 e. The van der Waals surface area contributed by atoms with Crippen molar-refractivity contribution in [1.82, 2.24) is 9.78 Å². The standard InChI is InChI=1S/C13H15FN2O/c1-9-3-4-12(14)7-11(9)8-16-6-5-13(15-16)10(2)17/h3-7,10,17H,8H2,1-2H3. The summed E-state index contributed by atoms with van der Waals surface area (Å²) in [6.07, 6.45) is 1.21. The van der Waals surface area contributed by atoms with Crippen LogP contribution in [0.25, 0.3) is 0 Å². The molecule has 1 aromatic heterocycles. The van der Waals surface area contributed by atoms with Gasteiger partial charge in [0.2, 0.25) is 0 Å². The van der Waals surface area contributed by atoms with Crippen molar-refractivity contribution >= 4 is 0 Å². The van der Waals surface area contributed by atoms with E-state index >= 15 is 0 Å². The molecule has 90 valence electrons. The molecular formula is C13H15FN2O. The fourth-order valence-corrected chi connectivity index (χ4v) is 1.67. The van der Waals surface area contributed by atoms with E-state index in [9.17, 15) is 9.50 Å². The minimum atomic E-state index is -0.579. The van der Waals surface area contributed by atoms with E-state index in [1.54, 1.807) is 29.9 Å². The Kier molecular flexibility index (Phi) is 3.24. The van der Waals surface area contributed by atoms with E-state index in [0.717, 1.165) is 11.1 Å². The smallest absolute Gasteiger partial charge is 0.123 e. The molecule has 0 amide bonds. The van der Waals surface area contributed by atoms with Gasteiger partial charge in [-0.05, 0) is 43.2 Å². The normalized spacial score (nSPS) is 12.7. The molecule has 1 unspecified atom stereocenters. The van der Waals surface area contributed by atoms with Gasteiger partial charge in [0.25, 0.3) is 0 Å². The number of aliphatic hydroxyl groups is 1. The fraction of sp³-hybridized carbons (Fsp3) is 0.308. The second-order valence-electron chi connectivity index (χ2n) is 4.18. The highest BCUT2D eigenvalue weighted by atomic mass is 19.1. The van der Waals surface area contributed by atoms with Gasteiger partial charge in [0.05, 0.1) is 18.3 Å². The zero-order valence-electron chi connectivity index (χ0n) is 9.89. The SMILES string of the molecule is Cc1ccc(F)cc1Cn1ccc(C(C)O)n1. The third kappa shape index (κ3) is 2.71. The molecule has 4 heteroatoms. The molecule has 1 N–H and O–H groups in total. The van der Waals surface area contributed by atoms with Crippen LogP contribution in [0, 0.1) is 12.7 Å². The first-order valence-corrected chi connectivity index (χ1v) is 5.52. The van der Waals surface area contributed by atoms with E-state index in [2.05, 4.69) is 5.10 Å². The lowest BCUT2D eigenvalue weighted by molar-refractivity contribution is 0.193. The van der Waals surface area contributed by atoms with Gasteiger partial charge in [-0.25, -0.2) is 4.39 Å². The number of aliphatic hydroxyl groups excluding tert-OH is 1. The van der Waals surface area contributed by atoms with Gasteiger partial charge in [0, 0.05) is 6.20 Å². The van der Waals surface area contributed by atoms with Crippen LogP contribution in [0.15, 0.2) is 30.5 Å². The van der Waals surface area contributed by atoms with Crippen molar-refractivity contribution in [2.24, 2.45) is 0 Å². The summed E-state index contributed by atoms with van der Waals surface area (Å²) in [7, 11) is 0. The van der Waals surface area contributed by atoms with Crippen LogP contribution in [0.2, 0.25) is 0 Å². The highest BCUT2D eigenvalue weighted by Gasteiger charge is 2.06. The maximum atomic E-state index is 13.1. The number of nitrogens with zero attached hydrogens (tertiary/aromatic N) is 2. The number of hydrogen-bond acceptors (Lipinski definition) is 2. The van der Waals surface area contributed by atoms with E-state index in [0.29, 0.717) is 12.2 Å². The Balaban J connectivity index is 2.22. The predicted molar refractivity (Wildman–Crippen MR) is 63.1 cm³/mol. The summed E-state index contributed by atoms with van der Waals surface area (Å²) < 4.78 is 14.8. The van der Waals surface area contributed by atoms with Crippen molar-refractivity contribution in [3.05, 3.63) is 53.1 Å². The van der Waals surface area contributed by atoms with Crippen molar-refractivity contribution in [3.8, 4) is 0 Å². The molecule has 0 saturated heterocycles. The third-order valence-electron chi connectivity index (χ3n) is 2.73. The summed E-state index contributed by atoms with van der Waals surface area (Å²) in [5.41, 5.74) is 2.55. The molecule has 0 aliphatic carbocycles. The van der Waals surface area contributed by atoms with E-state index in [4.69, 9.17) is 0 Å². The average molecular weight is 234 g/mol. The van der Waals surface area contributed by atoms with Crippen molar-refractivity contribution in [3.63, 3.8) is 0 Å². The monoisotopic (exact) mass is 234 g/mol. The van der Waals surface area contributed by atoms with Gasteiger partial charge in [-0.1, -0.05) is 6.07 Å². The summed E-state index contributed by atoms with van der Waals surface area (Å²) in [5, 5.41) is 13.6. The van der Waals surface area contributed by atoms with Crippen molar-refractivity contribution < 1.29 is 9.50 Å². The maximum Gasteiger partial charge on any atom is 0.123 e. The second kappa shape index (κ2) is 4.67. The molecule has 0 bridgehead atoms. The summed E-state index contributed by atoms with van der Waals surface area (Å²) in [5.74, 6) is -0.242. The van der Waals surface area contributed by atoms with Gasteiger partial charge in [-0.15, -0.1) is 0 Å². The molecule has 0 spiro atoms. The lowest BCUT2D eigenvalue weighted by Crippen LogP contribution is -2.04. The fourth-order valence-electron chi connectivity index (χ4n) is 1.67. The zero-order chi connectivity index (χ0) is 12.4. The highest BCUT2D eigenvalue weighted by molar-refractivity contribution is 5.26. The quantitative estimate of drug-likeness (QED) is 0.885. The Morgan fingerprint density at radius 2 is 2.18 bits per heavy atom. The van der Waals surface area contributed by atoms with Crippen LogP contribution in [0.3, 0.4) is 0 Å². The van der Waals surface area contributed by atoms with Crippen LogP contribution in [0.5, 0.6) is 0 Å². The van der Waals surface area contributed by atoms with Gasteiger partial charge >= 0.3 is 0 Å². The van der Waals surface area contributed by atoms with Crippen molar-refractivity contribution in [1.29, 1.82) is 0 Å². The molecule has 0 fully saturated rings. The first-order valence-electron chi connectivity index (χ1n) is 5.52. The summed E-state index contributed by atoms with van der Waals surface area (Å²) in [4.78, 5) is 0. The maximum absolute atomic E-state index is 13.1. The molecule has 1 heterocycles. The van der Waals surface area contributed by atoms with Crippen molar-refractivity contribution in [2.75, 3.05) is 0 Å². The van der Waals surface area contributed by atoms with Crippen LogP contribution in [0.1, 0.15) is 29.8 Å². The van der Waals surface area contributed by atoms with Crippen LogP contribution < -0.4 is 0 Å². The number of aromatic nitrogens is 2. The van der Waals surface area contributed by atoms with Crippen LogP contribution in [-0.4, -0.2) is 14.9 Å². The molecule has 0 radical (unpaired) electrons. The molecule has 1 atom stereocenters. The topological polar surface area (TPSA) is 38.0 Å². The summed E-state index contributed by atoms with van der Waals surface area (Å²) >= 11 is 0. The Morgan fingerprint density at radius 1 is 1.41 bits per heavy atom. The predicted octanol–water partition coefficient (Wildman–Crippen LogP) is 2.43. The second-order valence-corrected chi connectivity index (χ2v) is 4.18. The lowest BCUT2D eigenvalue weighted by atomic mass is 10.1. The first-order chi connectivity index (χ1) is 8.06. The number of rotatable bonds is 3. The third-order valence-corrected chi connectivity index (χ3v) is 2.73. The lowest BCUT2D eigenvalue weighted by Gasteiger charge is -2.06. The average Bonchev–Trinajstić information content (AvgIpc) is 2.72. The molecule has 0 saturated carbocycles. The molecule has 2 aromatic rings. The summed E-state index contributed by atoms with van der Waals surface area (Å²) in [6.45, 7) is 4.12. The zero-order valence-corrected chi connectivity index (χ0v) is 9.89. The van der Waals surface area contributed by atoms with E-state index in [-0.39, 0.29) is 5.82 Å². The van der Waals surface area contributed by atoms with Gasteiger partial charge in [0.15, 0.2) is 0 Å². The van der Waals surface area contributed by atoms with Gasteiger partial charge < -0.3 is 5.11 Å².